The molecule has 64 valence electrons. The van der Waals surface area contributed by atoms with Crippen LogP contribution in [-0.2, 0) is 0 Å². The molecule has 0 unspecified atom stereocenters. The summed E-state index contributed by atoms with van der Waals surface area (Å²) in [4.78, 5) is 3.78. The van der Waals surface area contributed by atoms with E-state index in [0.29, 0.717) is 10.2 Å². The summed E-state index contributed by atoms with van der Waals surface area (Å²) in [6, 6.07) is 1.61. The molecular weight excluding hydrogens is 217 g/mol. The molecule has 0 atom stereocenters. The number of hydrogen-bond donors (Lipinski definition) is 1. The number of aryl methyl sites for hydroxylation is 1. The molecular formula is C8H11BBrNO. The smallest absolute Gasteiger partial charge is 0.151 e. The lowest BCUT2D eigenvalue weighted by Crippen LogP contribution is -2.08. The van der Waals surface area contributed by atoms with E-state index >= 15 is 0 Å². The van der Waals surface area contributed by atoms with E-state index in [1.54, 1.807) is 13.0 Å². The Kier molecular flexibility index (Phi) is 4.98. The minimum atomic E-state index is 0.147. The van der Waals surface area contributed by atoms with Crippen molar-refractivity contribution in [2.24, 2.45) is 0 Å². The number of aromatic nitrogens is 1. The number of hydrogen-bond acceptors (Lipinski definition) is 2. The average molecular weight is 228 g/mol. The van der Waals surface area contributed by atoms with E-state index < -0.39 is 0 Å². The molecule has 2 nitrogen and oxygen atoms in total. The van der Waals surface area contributed by atoms with Crippen LogP contribution in [0.2, 0.25) is 0 Å². The van der Waals surface area contributed by atoms with Crippen LogP contribution < -0.4 is 5.59 Å². The van der Waals surface area contributed by atoms with Crippen molar-refractivity contribution in [2.45, 2.75) is 20.8 Å². The highest BCUT2D eigenvalue weighted by molar-refractivity contribution is 9.10. The zero-order valence-corrected chi connectivity index (χ0v) is 9.01. The zero-order chi connectivity index (χ0) is 9.72. The van der Waals surface area contributed by atoms with Crippen LogP contribution in [0.4, 0.5) is 0 Å². The largest absolute Gasteiger partial charge is 0.505 e. The minimum Gasteiger partial charge on any atom is -0.505 e. The second-order valence-electron chi connectivity index (χ2n) is 2.00. The van der Waals surface area contributed by atoms with E-state index in [9.17, 15) is 0 Å². The summed E-state index contributed by atoms with van der Waals surface area (Å²) >= 11 is 3.06. The molecule has 0 saturated carbocycles. The van der Waals surface area contributed by atoms with E-state index in [4.69, 9.17) is 13.0 Å². The number of rotatable bonds is 0. The third-order valence-electron chi connectivity index (χ3n) is 1.16. The molecule has 1 heterocycles. The third kappa shape index (κ3) is 2.85. The average Bonchev–Trinajstić information content (AvgIpc) is 2.04. The Balaban J connectivity index is 0.000000561. The molecule has 0 aliphatic carbocycles. The summed E-state index contributed by atoms with van der Waals surface area (Å²) in [5, 5.41) is 9.17. The molecule has 0 aromatic carbocycles. The van der Waals surface area contributed by atoms with E-state index in [-0.39, 0.29) is 5.75 Å². The molecule has 0 amide bonds. The fraction of sp³-hybridized carbons (Fsp3) is 0.375. The Bertz CT molecular complexity index is 242. The van der Waals surface area contributed by atoms with Crippen molar-refractivity contribution in [3.8, 4) is 5.75 Å². The highest BCUT2D eigenvalue weighted by Gasteiger charge is 2.01. The van der Waals surface area contributed by atoms with Gasteiger partial charge in [0.25, 0.3) is 0 Å². The van der Waals surface area contributed by atoms with Gasteiger partial charge in [0.2, 0.25) is 0 Å². The Labute approximate surface area is 82.6 Å². The maximum absolute atomic E-state index is 9.17. The van der Waals surface area contributed by atoms with Crippen molar-refractivity contribution in [3.63, 3.8) is 0 Å². The van der Waals surface area contributed by atoms with Gasteiger partial charge in [0.05, 0.1) is 0 Å². The number of aromatic hydroxyl groups is 1. The van der Waals surface area contributed by atoms with Gasteiger partial charge in [-0.3, -0.25) is 4.98 Å². The van der Waals surface area contributed by atoms with Crippen LogP contribution in [0, 0.1) is 6.92 Å². The lowest BCUT2D eigenvalue weighted by atomic mass is 10.0. The molecule has 0 saturated heterocycles. The van der Waals surface area contributed by atoms with Gasteiger partial charge in [-0.15, -0.1) is 0 Å². The first kappa shape index (κ1) is 11.5. The summed E-state index contributed by atoms with van der Waals surface area (Å²) in [7, 11) is 5.38. The maximum atomic E-state index is 9.17. The van der Waals surface area contributed by atoms with Crippen molar-refractivity contribution >= 4 is 29.4 Å². The Morgan fingerprint density at radius 1 is 1.50 bits per heavy atom. The van der Waals surface area contributed by atoms with Gasteiger partial charge in [-0.2, -0.15) is 0 Å². The normalized spacial score (nSPS) is 8.67. The van der Waals surface area contributed by atoms with Crippen molar-refractivity contribution in [1.82, 2.24) is 4.98 Å². The summed E-state index contributed by atoms with van der Waals surface area (Å²) in [5.41, 5.74) is 1.13. The minimum absolute atomic E-state index is 0.147. The highest BCUT2D eigenvalue weighted by Crippen LogP contribution is 2.22. The molecule has 1 aromatic rings. The molecule has 1 aromatic heterocycles. The number of halogens is 1. The highest BCUT2D eigenvalue weighted by atomic mass is 79.9. The predicted octanol–water partition coefficient (Wildman–Crippen LogP) is 1.68. The first-order valence-corrected chi connectivity index (χ1v) is 4.52. The van der Waals surface area contributed by atoms with Crippen LogP contribution in [0.3, 0.4) is 0 Å². The Morgan fingerprint density at radius 2 is 2.00 bits per heavy atom. The first-order chi connectivity index (χ1) is 5.61. The zero-order valence-electron chi connectivity index (χ0n) is 7.43. The SMILES string of the molecule is CC.[B]c1cc(C)c(O)c(Br)n1. The first-order valence-electron chi connectivity index (χ1n) is 3.73. The van der Waals surface area contributed by atoms with Crippen LogP contribution in [0.15, 0.2) is 10.7 Å². The molecule has 0 fully saturated rings. The van der Waals surface area contributed by atoms with E-state index in [2.05, 4.69) is 20.9 Å². The van der Waals surface area contributed by atoms with Crippen LogP contribution in [0.25, 0.3) is 0 Å². The Morgan fingerprint density at radius 3 is 2.42 bits per heavy atom. The molecule has 0 aliphatic heterocycles. The van der Waals surface area contributed by atoms with Crippen molar-refractivity contribution in [3.05, 3.63) is 16.2 Å². The predicted molar refractivity (Wildman–Crippen MR) is 55.1 cm³/mol. The van der Waals surface area contributed by atoms with Crippen LogP contribution >= 0.6 is 15.9 Å². The van der Waals surface area contributed by atoms with Crippen LogP contribution in [0.5, 0.6) is 5.75 Å². The fourth-order valence-corrected chi connectivity index (χ4v) is 1.17. The number of pyridine rings is 1. The number of nitrogens with zero attached hydrogens (tertiary/aromatic N) is 1. The van der Waals surface area contributed by atoms with Gasteiger partial charge in [0, 0.05) is 0 Å². The van der Waals surface area contributed by atoms with Crippen molar-refractivity contribution in [2.75, 3.05) is 0 Å². The molecule has 1 rings (SSSR count). The Hall–Kier alpha value is -0.505. The summed E-state index contributed by atoms with van der Waals surface area (Å²) < 4.78 is 0.394. The lowest BCUT2D eigenvalue weighted by Gasteiger charge is -2.01. The van der Waals surface area contributed by atoms with Gasteiger partial charge in [-0.25, -0.2) is 0 Å². The van der Waals surface area contributed by atoms with E-state index in [1.807, 2.05) is 13.8 Å². The summed E-state index contributed by atoms with van der Waals surface area (Å²) in [5.74, 6) is 0.147. The van der Waals surface area contributed by atoms with Gasteiger partial charge in [-0.05, 0) is 40.1 Å². The molecule has 0 spiro atoms. The van der Waals surface area contributed by atoms with Gasteiger partial charge in [0.15, 0.2) is 5.75 Å². The van der Waals surface area contributed by atoms with Gasteiger partial charge >= 0.3 is 0 Å². The maximum Gasteiger partial charge on any atom is 0.151 e. The van der Waals surface area contributed by atoms with E-state index in [1.165, 1.54) is 0 Å². The third-order valence-corrected chi connectivity index (χ3v) is 1.71. The molecule has 2 radical (unpaired) electrons. The molecule has 12 heavy (non-hydrogen) atoms. The monoisotopic (exact) mass is 227 g/mol. The lowest BCUT2D eigenvalue weighted by molar-refractivity contribution is 0.464. The second-order valence-corrected chi connectivity index (χ2v) is 2.75. The standard InChI is InChI=1S/C6H5BBrNO.C2H6/c1-3-2-4(7)9-6(8)5(3)10;1-2/h2,10H,1H3;1-2H3. The van der Waals surface area contributed by atoms with Gasteiger partial charge in [-0.1, -0.05) is 13.8 Å². The molecule has 0 aliphatic rings. The van der Waals surface area contributed by atoms with Crippen LogP contribution in [0.1, 0.15) is 19.4 Å². The summed E-state index contributed by atoms with van der Waals surface area (Å²) in [6.45, 7) is 5.76. The summed E-state index contributed by atoms with van der Waals surface area (Å²) in [6.07, 6.45) is 0. The van der Waals surface area contributed by atoms with Crippen molar-refractivity contribution in [1.29, 1.82) is 0 Å². The quantitative estimate of drug-likeness (QED) is 0.541. The molecule has 0 bridgehead atoms. The van der Waals surface area contributed by atoms with Crippen LogP contribution in [-0.4, -0.2) is 17.9 Å². The van der Waals surface area contributed by atoms with Gasteiger partial charge in [0.1, 0.15) is 12.4 Å². The molecule has 4 heteroatoms. The van der Waals surface area contributed by atoms with Gasteiger partial charge < -0.3 is 5.11 Å². The topological polar surface area (TPSA) is 33.1 Å². The fourth-order valence-electron chi connectivity index (χ4n) is 0.651. The second kappa shape index (κ2) is 5.20. The molecule has 1 N–H and O–H groups in total. The van der Waals surface area contributed by atoms with Crippen molar-refractivity contribution < 1.29 is 5.11 Å². The van der Waals surface area contributed by atoms with E-state index in [0.717, 1.165) is 5.56 Å².